The molecule has 0 aliphatic heterocycles. The number of hydrogen-bond acceptors (Lipinski definition) is 3. The van der Waals surface area contributed by atoms with Crippen molar-refractivity contribution < 1.29 is 89.3 Å². The first-order chi connectivity index (χ1) is 15.6. The number of carbonyl (C=O) groups excluding carboxylic acids is 1. The van der Waals surface area contributed by atoms with Gasteiger partial charge in [0.25, 0.3) is 0 Å². The standard InChI is InChI=1S/C16H7F17O3/c1-36-8-3-7(35)5(4-34)2-6(8)9(17,18)10(19,20)11(21,22)12(23,24)13(25,26)14(27,28)15(29,30)16(31,32)33/h2-4,35H,1H3. The molecular weight excluding hydrogens is 563 g/mol. The zero-order chi connectivity index (χ0) is 29.1. The Bertz CT molecular complexity index is 996. The van der Waals surface area contributed by atoms with Crippen molar-refractivity contribution in [1.29, 1.82) is 0 Å². The lowest BCUT2D eigenvalue weighted by molar-refractivity contribution is -0.462. The number of aldehydes is 1. The minimum Gasteiger partial charge on any atom is -0.507 e. The van der Waals surface area contributed by atoms with E-state index in [4.69, 9.17) is 0 Å². The summed E-state index contributed by atoms with van der Waals surface area (Å²) >= 11 is 0. The molecule has 0 amide bonds. The van der Waals surface area contributed by atoms with Gasteiger partial charge in [0.15, 0.2) is 6.29 Å². The van der Waals surface area contributed by atoms with E-state index in [1.807, 2.05) is 0 Å². The lowest BCUT2D eigenvalue weighted by Crippen LogP contribution is -2.74. The molecule has 1 rings (SSSR count). The third-order valence-electron chi connectivity index (χ3n) is 4.54. The topological polar surface area (TPSA) is 46.5 Å². The summed E-state index contributed by atoms with van der Waals surface area (Å²) in [5.41, 5.74) is -4.17. The van der Waals surface area contributed by atoms with Crippen LogP contribution in [0.5, 0.6) is 11.5 Å². The highest BCUT2D eigenvalue weighted by Crippen LogP contribution is 2.65. The van der Waals surface area contributed by atoms with Crippen molar-refractivity contribution in [2.45, 2.75) is 47.6 Å². The van der Waals surface area contributed by atoms with Gasteiger partial charge in [-0.15, -0.1) is 0 Å². The van der Waals surface area contributed by atoms with Crippen molar-refractivity contribution in [2.24, 2.45) is 0 Å². The number of ether oxygens (including phenoxy) is 1. The fraction of sp³-hybridized carbons (Fsp3) is 0.562. The highest BCUT2D eigenvalue weighted by Gasteiger charge is 2.95. The summed E-state index contributed by atoms with van der Waals surface area (Å²) in [6.07, 6.45) is -8.45. The Morgan fingerprint density at radius 2 is 1.00 bits per heavy atom. The molecule has 0 fully saturated rings. The molecule has 0 aliphatic carbocycles. The summed E-state index contributed by atoms with van der Waals surface area (Å²) in [5.74, 6) is -61.0. The molecule has 3 nitrogen and oxygen atoms in total. The molecule has 20 heteroatoms. The molecule has 0 aliphatic rings. The molecule has 1 N–H and O–H groups in total. The zero-order valence-corrected chi connectivity index (χ0v) is 16.4. The third-order valence-corrected chi connectivity index (χ3v) is 4.54. The molecular formula is C16H7F17O3. The molecule has 0 saturated heterocycles. The van der Waals surface area contributed by atoms with E-state index in [2.05, 4.69) is 4.74 Å². The summed E-state index contributed by atoms with van der Waals surface area (Å²) in [6.45, 7) is 0. The predicted octanol–water partition coefficient (Wildman–Crippen LogP) is 6.68. The molecule has 0 radical (unpaired) electrons. The number of halogens is 17. The largest absolute Gasteiger partial charge is 0.507 e. The van der Waals surface area contributed by atoms with Gasteiger partial charge in [-0.05, 0) is 6.07 Å². The van der Waals surface area contributed by atoms with E-state index < -0.39 is 82.6 Å². The number of phenolic OH excluding ortho intramolecular Hbond substituents is 1. The summed E-state index contributed by atoms with van der Waals surface area (Å²) in [6, 6.07) is -0.764. The van der Waals surface area contributed by atoms with Gasteiger partial charge >= 0.3 is 47.6 Å². The number of benzene rings is 1. The average Bonchev–Trinajstić information content (AvgIpc) is 2.71. The van der Waals surface area contributed by atoms with Gasteiger partial charge in [0, 0.05) is 6.07 Å². The molecule has 0 saturated carbocycles. The van der Waals surface area contributed by atoms with Crippen molar-refractivity contribution in [1.82, 2.24) is 0 Å². The van der Waals surface area contributed by atoms with E-state index in [0.717, 1.165) is 0 Å². The smallest absolute Gasteiger partial charge is 0.460 e. The summed E-state index contributed by atoms with van der Waals surface area (Å²) in [7, 11) is 0.299. The van der Waals surface area contributed by atoms with Gasteiger partial charge in [-0.25, -0.2) is 0 Å². The summed E-state index contributed by atoms with van der Waals surface area (Å²) in [5, 5.41) is 9.29. The van der Waals surface area contributed by atoms with Crippen LogP contribution in [0, 0.1) is 0 Å². The van der Waals surface area contributed by atoms with Crippen LogP contribution in [0.25, 0.3) is 0 Å². The van der Waals surface area contributed by atoms with Crippen LogP contribution in [0.3, 0.4) is 0 Å². The Balaban J connectivity index is 3.88. The Kier molecular flexibility index (Phi) is 7.33. The second-order valence-corrected chi connectivity index (χ2v) is 6.75. The van der Waals surface area contributed by atoms with Gasteiger partial charge in [0.2, 0.25) is 0 Å². The number of phenols is 1. The van der Waals surface area contributed by atoms with Crippen LogP contribution in [0.2, 0.25) is 0 Å². The average molecular weight is 570 g/mol. The maximum absolute atomic E-state index is 14.4. The minimum absolute atomic E-state index is 0.161. The molecule has 0 atom stereocenters. The number of alkyl halides is 17. The number of hydrogen-bond donors (Lipinski definition) is 1. The molecule has 208 valence electrons. The third kappa shape index (κ3) is 3.86. The summed E-state index contributed by atoms with van der Waals surface area (Å²) < 4.78 is 231. The highest BCUT2D eigenvalue weighted by atomic mass is 19.4. The predicted molar refractivity (Wildman–Crippen MR) is 79.7 cm³/mol. The quantitative estimate of drug-likeness (QED) is 0.266. The first kappa shape index (κ1) is 31.3. The van der Waals surface area contributed by atoms with Crippen LogP contribution in [0.4, 0.5) is 74.6 Å². The van der Waals surface area contributed by atoms with Gasteiger partial charge in [0.1, 0.15) is 11.5 Å². The Morgan fingerprint density at radius 1 is 0.639 bits per heavy atom. The van der Waals surface area contributed by atoms with E-state index in [0.29, 0.717) is 7.11 Å². The van der Waals surface area contributed by atoms with Crippen LogP contribution < -0.4 is 4.74 Å². The summed E-state index contributed by atoms with van der Waals surface area (Å²) in [4.78, 5) is 10.7. The van der Waals surface area contributed by atoms with Crippen LogP contribution in [0.15, 0.2) is 12.1 Å². The molecule has 0 bridgehead atoms. The first-order valence-corrected chi connectivity index (χ1v) is 8.23. The first-order valence-electron chi connectivity index (χ1n) is 8.23. The lowest BCUT2D eigenvalue weighted by Gasteiger charge is -2.43. The van der Waals surface area contributed by atoms with Crippen LogP contribution in [0.1, 0.15) is 15.9 Å². The van der Waals surface area contributed by atoms with Crippen LogP contribution in [-0.2, 0) is 5.92 Å². The Hall–Kier alpha value is -2.70. The van der Waals surface area contributed by atoms with Gasteiger partial charge in [-0.1, -0.05) is 0 Å². The normalized spacial score (nSPS) is 15.2. The van der Waals surface area contributed by atoms with Gasteiger partial charge < -0.3 is 9.84 Å². The van der Waals surface area contributed by atoms with Crippen LogP contribution in [-0.4, -0.2) is 60.2 Å². The number of carbonyl (C=O) groups is 1. The van der Waals surface area contributed by atoms with E-state index in [9.17, 15) is 84.5 Å². The fourth-order valence-electron chi connectivity index (χ4n) is 2.43. The van der Waals surface area contributed by atoms with E-state index in [1.165, 1.54) is 0 Å². The van der Waals surface area contributed by atoms with Crippen molar-refractivity contribution in [3.8, 4) is 11.5 Å². The lowest BCUT2D eigenvalue weighted by atomic mass is 9.86. The second kappa shape index (κ2) is 8.42. The monoisotopic (exact) mass is 570 g/mol. The van der Waals surface area contributed by atoms with Gasteiger partial charge in [-0.2, -0.15) is 74.6 Å². The van der Waals surface area contributed by atoms with Crippen molar-refractivity contribution in [3.63, 3.8) is 0 Å². The number of rotatable bonds is 9. The maximum Gasteiger partial charge on any atom is 0.460 e. The number of methoxy groups -OCH3 is 1. The molecule has 0 spiro atoms. The van der Waals surface area contributed by atoms with Gasteiger partial charge in [0.05, 0.1) is 18.2 Å². The Morgan fingerprint density at radius 3 is 1.33 bits per heavy atom. The molecule has 36 heavy (non-hydrogen) atoms. The minimum atomic E-state index is -8.75. The SMILES string of the molecule is COc1cc(O)c(C=O)cc1C(F)(F)C(F)(F)C(F)(F)C(F)(F)C(F)(F)C(F)(F)C(F)(F)C(F)(F)F. The van der Waals surface area contributed by atoms with E-state index in [1.54, 1.807) is 0 Å². The van der Waals surface area contributed by atoms with Crippen LogP contribution >= 0.6 is 0 Å². The fourth-order valence-corrected chi connectivity index (χ4v) is 2.43. The van der Waals surface area contributed by atoms with Crippen molar-refractivity contribution in [2.75, 3.05) is 7.11 Å². The molecule has 0 unspecified atom stereocenters. The second-order valence-electron chi connectivity index (χ2n) is 6.75. The van der Waals surface area contributed by atoms with E-state index >= 15 is 0 Å². The molecule has 0 heterocycles. The van der Waals surface area contributed by atoms with Crippen molar-refractivity contribution in [3.05, 3.63) is 23.3 Å². The van der Waals surface area contributed by atoms with Gasteiger partial charge in [-0.3, -0.25) is 4.79 Å². The molecule has 1 aromatic rings. The van der Waals surface area contributed by atoms with E-state index in [-0.39, 0.29) is 6.07 Å². The van der Waals surface area contributed by atoms with Crippen molar-refractivity contribution >= 4 is 6.29 Å². The molecule has 1 aromatic carbocycles. The number of aromatic hydroxyl groups is 1. The zero-order valence-electron chi connectivity index (χ0n) is 16.4. The Labute approximate surface area is 186 Å². The maximum atomic E-state index is 14.4. The highest BCUT2D eigenvalue weighted by molar-refractivity contribution is 5.80. The molecule has 0 aromatic heterocycles.